The monoisotopic (exact) mass is 506 g/mol. The van der Waals surface area contributed by atoms with Gasteiger partial charge in [0.2, 0.25) is 0 Å². The van der Waals surface area contributed by atoms with Crippen LogP contribution in [0, 0.1) is 0 Å². The highest BCUT2D eigenvalue weighted by Crippen LogP contribution is 2.32. The lowest BCUT2D eigenvalue weighted by molar-refractivity contribution is -0.134. The summed E-state index contributed by atoms with van der Waals surface area (Å²) in [6.07, 6.45) is 0.354. The van der Waals surface area contributed by atoms with Crippen molar-refractivity contribution in [3.8, 4) is 0 Å². The van der Waals surface area contributed by atoms with Crippen LogP contribution < -0.4 is 4.90 Å². The minimum absolute atomic E-state index is 0.0319. The van der Waals surface area contributed by atoms with Crippen molar-refractivity contribution >= 4 is 50.0 Å². The summed E-state index contributed by atoms with van der Waals surface area (Å²) in [5.74, 6) is -2.24. The number of hydrogen-bond acceptors (Lipinski definition) is 7. The third kappa shape index (κ3) is 4.13. The summed E-state index contributed by atoms with van der Waals surface area (Å²) in [5, 5.41) is 1.43. The Hall–Kier alpha value is -4.05. The van der Waals surface area contributed by atoms with Gasteiger partial charge in [-0.15, -0.1) is 0 Å². The molecule has 1 fully saturated rings. The van der Waals surface area contributed by atoms with Gasteiger partial charge in [0.1, 0.15) is 0 Å². The molecule has 184 valence electrons. The fraction of sp³-hybridized carbons (Fsp3) is 0.231. The minimum atomic E-state index is -3.15. The summed E-state index contributed by atoms with van der Waals surface area (Å²) in [6.45, 7) is -0.530. The molecule has 0 spiro atoms. The van der Waals surface area contributed by atoms with Crippen molar-refractivity contribution in [2.45, 2.75) is 12.5 Å². The number of imide groups is 1. The molecule has 36 heavy (non-hydrogen) atoms. The smallest absolute Gasteiger partial charge is 0.338 e. The molecule has 0 radical (unpaired) electrons. The van der Waals surface area contributed by atoms with E-state index in [0.717, 1.165) is 10.3 Å². The number of nitrogens with zero attached hydrogens (tertiary/aromatic N) is 2. The maximum atomic E-state index is 13.2. The highest BCUT2D eigenvalue weighted by atomic mass is 32.2. The second-order valence-electron chi connectivity index (χ2n) is 8.84. The number of amides is 3. The molecule has 0 aromatic heterocycles. The Kier molecular flexibility index (Phi) is 5.83. The average molecular weight is 507 g/mol. The number of likely N-dealkylation sites (N-methyl/N-ethyl adjacent to an activating group) is 1. The summed E-state index contributed by atoms with van der Waals surface area (Å²) in [6, 6.07) is 15.9. The lowest BCUT2D eigenvalue weighted by atomic mass is 9.94. The first-order chi connectivity index (χ1) is 17.2. The first-order valence-corrected chi connectivity index (χ1v) is 13.1. The molecule has 2 aliphatic rings. The fourth-order valence-corrected chi connectivity index (χ4v) is 6.38. The van der Waals surface area contributed by atoms with E-state index in [-0.39, 0.29) is 17.1 Å². The topological polar surface area (TPSA) is 118 Å². The van der Waals surface area contributed by atoms with Crippen LogP contribution in [0.4, 0.5) is 5.69 Å². The quantitative estimate of drug-likeness (QED) is 0.385. The second-order valence-corrected chi connectivity index (χ2v) is 11.1. The Bertz CT molecular complexity index is 1480. The molecule has 0 N–H and O–H groups in total. The number of anilines is 1. The number of rotatable bonds is 5. The molecule has 1 atom stereocenters. The van der Waals surface area contributed by atoms with Crippen molar-refractivity contribution < 1.29 is 32.3 Å². The molecule has 3 aromatic carbocycles. The van der Waals surface area contributed by atoms with Crippen molar-refractivity contribution in [3.05, 3.63) is 77.4 Å². The zero-order valence-electron chi connectivity index (χ0n) is 19.3. The third-order valence-corrected chi connectivity index (χ3v) is 8.36. The second kappa shape index (κ2) is 8.87. The molecule has 2 heterocycles. The number of carbonyl (C=O) groups is 4. The van der Waals surface area contributed by atoms with Gasteiger partial charge in [-0.1, -0.05) is 24.3 Å². The van der Waals surface area contributed by atoms with Crippen molar-refractivity contribution in [3.63, 3.8) is 0 Å². The first kappa shape index (κ1) is 23.7. The highest BCUT2D eigenvalue weighted by Gasteiger charge is 2.34. The van der Waals surface area contributed by atoms with Crippen molar-refractivity contribution in [2.75, 3.05) is 30.1 Å². The molecule has 9 nitrogen and oxygen atoms in total. The van der Waals surface area contributed by atoms with Gasteiger partial charge < -0.3 is 9.64 Å². The lowest BCUT2D eigenvalue weighted by Gasteiger charge is -2.27. The van der Waals surface area contributed by atoms with Crippen molar-refractivity contribution in [1.82, 2.24) is 4.90 Å². The van der Waals surface area contributed by atoms with Crippen LogP contribution in [0.25, 0.3) is 10.8 Å². The summed E-state index contributed by atoms with van der Waals surface area (Å²) < 4.78 is 28.4. The molecule has 3 aromatic rings. The van der Waals surface area contributed by atoms with Crippen LogP contribution in [0.15, 0.2) is 60.7 Å². The van der Waals surface area contributed by atoms with Gasteiger partial charge >= 0.3 is 5.97 Å². The van der Waals surface area contributed by atoms with E-state index in [1.54, 1.807) is 24.3 Å². The summed E-state index contributed by atoms with van der Waals surface area (Å²) in [5.41, 5.74) is 1.27. The summed E-state index contributed by atoms with van der Waals surface area (Å²) in [4.78, 5) is 53.5. The number of ether oxygens (including phenoxy) is 1. The van der Waals surface area contributed by atoms with Gasteiger partial charge in [0.05, 0.1) is 22.8 Å². The predicted molar refractivity (Wildman–Crippen MR) is 132 cm³/mol. The molecule has 0 saturated carbocycles. The number of hydrogen-bond donors (Lipinski definition) is 0. The SMILES string of the molecule is CN(C(=O)COC(=O)c1ccc(N2C(=O)c3cccc4cccc(c34)C2=O)cc1)[C@@H]1CCS(=O)(=O)C1. The van der Waals surface area contributed by atoms with Crippen molar-refractivity contribution in [1.29, 1.82) is 0 Å². The minimum Gasteiger partial charge on any atom is -0.452 e. The van der Waals surface area contributed by atoms with Crippen LogP contribution >= 0.6 is 0 Å². The number of esters is 1. The molecule has 0 aliphatic carbocycles. The van der Waals surface area contributed by atoms with Gasteiger partial charge in [0.25, 0.3) is 17.7 Å². The molecule has 1 saturated heterocycles. The lowest BCUT2D eigenvalue weighted by Crippen LogP contribution is -2.40. The van der Waals surface area contributed by atoms with Crippen LogP contribution in [0.2, 0.25) is 0 Å². The zero-order chi connectivity index (χ0) is 25.6. The predicted octanol–water partition coefficient (Wildman–Crippen LogP) is 2.44. The van der Waals surface area contributed by atoms with E-state index >= 15 is 0 Å². The number of benzene rings is 3. The van der Waals surface area contributed by atoms with Gasteiger partial charge in [-0.3, -0.25) is 14.4 Å². The molecular formula is C26H22N2O7S. The van der Waals surface area contributed by atoms with E-state index in [0.29, 0.717) is 28.6 Å². The largest absolute Gasteiger partial charge is 0.452 e. The highest BCUT2D eigenvalue weighted by molar-refractivity contribution is 7.91. The molecule has 0 bridgehead atoms. The van der Waals surface area contributed by atoms with Crippen LogP contribution in [0.3, 0.4) is 0 Å². The zero-order valence-corrected chi connectivity index (χ0v) is 20.2. The van der Waals surface area contributed by atoms with E-state index in [1.807, 2.05) is 12.1 Å². The van der Waals surface area contributed by atoms with Crippen LogP contribution in [0.5, 0.6) is 0 Å². The van der Waals surface area contributed by atoms with E-state index in [9.17, 15) is 27.6 Å². The Morgan fingerprint density at radius 2 is 1.58 bits per heavy atom. The van der Waals surface area contributed by atoms with Gasteiger partial charge in [-0.25, -0.2) is 18.1 Å². The number of sulfone groups is 1. The maximum Gasteiger partial charge on any atom is 0.338 e. The standard InChI is InChI=1S/C26H22N2O7S/c1-27(19-12-13-36(33,34)15-19)22(29)14-35-26(32)17-8-10-18(11-9-17)28-24(30)20-6-2-4-16-5-3-7-21(23(16)20)25(28)31/h2-11,19H,12-15H2,1H3/t19-/m1/s1. The molecule has 2 aliphatic heterocycles. The van der Waals surface area contributed by atoms with Crippen LogP contribution in [-0.2, 0) is 19.4 Å². The molecule has 10 heteroatoms. The van der Waals surface area contributed by atoms with Gasteiger partial charge in [0.15, 0.2) is 16.4 Å². The Morgan fingerprint density at radius 3 is 2.14 bits per heavy atom. The van der Waals surface area contributed by atoms with E-state index in [1.165, 1.54) is 36.2 Å². The van der Waals surface area contributed by atoms with Gasteiger partial charge in [0, 0.05) is 29.6 Å². The normalized spacial score (nSPS) is 18.4. The molecular weight excluding hydrogens is 484 g/mol. The van der Waals surface area contributed by atoms with Gasteiger partial charge in [-0.2, -0.15) is 0 Å². The molecule has 5 rings (SSSR count). The Balaban J connectivity index is 1.28. The average Bonchev–Trinajstić information content (AvgIpc) is 3.25. The molecule has 0 unspecified atom stereocenters. The Morgan fingerprint density at radius 1 is 0.972 bits per heavy atom. The van der Waals surface area contributed by atoms with E-state index in [4.69, 9.17) is 4.74 Å². The Labute approximate surface area is 207 Å². The third-order valence-electron chi connectivity index (χ3n) is 6.61. The maximum absolute atomic E-state index is 13.2. The first-order valence-electron chi connectivity index (χ1n) is 11.3. The molecule has 3 amide bonds. The van der Waals surface area contributed by atoms with Crippen LogP contribution in [0.1, 0.15) is 37.5 Å². The fourth-order valence-electron chi connectivity index (χ4n) is 4.61. The number of carbonyl (C=O) groups excluding carboxylic acids is 4. The van der Waals surface area contributed by atoms with Crippen molar-refractivity contribution in [2.24, 2.45) is 0 Å². The van der Waals surface area contributed by atoms with Crippen LogP contribution in [-0.4, -0.2) is 68.2 Å². The van der Waals surface area contributed by atoms with E-state index in [2.05, 4.69) is 0 Å². The van der Waals surface area contributed by atoms with E-state index < -0.39 is 46.2 Å². The summed E-state index contributed by atoms with van der Waals surface area (Å²) >= 11 is 0. The van der Waals surface area contributed by atoms with Gasteiger partial charge in [-0.05, 0) is 48.2 Å². The summed E-state index contributed by atoms with van der Waals surface area (Å²) in [7, 11) is -1.66.